The SMILES string of the molecule is C=CCN(CCC[C@H](NC(=O)OC(C)(C)C)C(=O)O)C(=O)OCC1c2ccccc2-c2ccccc21. The number of amides is 2. The zero-order valence-corrected chi connectivity index (χ0v) is 21.0. The Hall–Kier alpha value is -3.81. The van der Waals surface area contributed by atoms with E-state index in [1.54, 1.807) is 26.8 Å². The Morgan fingerprint density at radius 3 is 2.19 bits per heavy atom. The molecule has 1 atom stereocenters. The molecule has 0 bridgehead atoms. The maximum Gasteiger partial charge on any atom is 0.410 e. The van der Waals surface area contributed by atoms with Crippen LogP contribution < -0.4 is 5.32 Å². The highest BCUT2D eigenvalue weighted by atomic mass is 16.6. The van der Waals surface area contributed by atoms with E-state index in [0.717, 1.165) is 22.3 Å². The van der Waals surface area contributed by atoms with E-state index in [0.29, 0.717) is 6.42 Å². The van der Waals surface area contributed by atoms with Gasteiger partial charge in [-0.2, -0.15) is 0 Å². The number of hydrogen-bond acceptors (Lipinski definition) is 5. The molecular weight excluding hydrogens is 460 g/mol. The van der Waals surface area contributed by atoms with Crippen molar-refractivity contribution in [3.63, 3.8) is 0 Å². The summed E-state index contributed by atoms with van der Waals surface area (Å²) in [4.78, 5) is 38.0. The number of hydrogen-bond donors (Lipinski definition) is 2. The van der Waals surface area contributed by atoms with E-state index in [9.17, 15) is 19.5 Å². The molecule has 2 aromatic carbocycles. The van der Waals surface area contributed by atoms with Gasteiger partial charge in [-0.05, 0) is 55.9 Å². The summed E-state index contributed by atoms with van der Waals surface area (Å²) in [6.45, 7) is 9.51. The van der Waals surface area contributed by atoms with Crippen LogP contribution in [0.1, 0.15) is 50.7 Å². The van der Waals surface area contributed by atoms with Gasteiger partial charge in [-0.3, -0.25) is 0 Å². The van der Waals surface area contributed by atoms with Gasteiger partial charge in [0.1, 0.15) is 18.2 Å². The van der Waals surface area contributed by atoms with Gasteiger partial charge in [-0.15, -0.1) is 6.58 Å². The molecule has 8 nitrogen and oxygen atoms in total. The van der Waals surface area contributed by atoms with Crippen LogP contribution in [0.15, 0.2) is 61.2 Å². The lowest BCUT2D eigenvalue weighted by atomic mass is 9.98. The van der Waals surface area contributed by atoms with Crippen LogP contribution in [-0.2, 0) is 14.3 Å². The number of carbonyl (C=O) groups excluding carboxylic acids is 2. The van der Waals surface area contributed by atoms with Crippen molar-refractivity contribution in [2.75, 3.05) is 19.7 Å². The quantitative estimate of drug-likeness (QED) is 0.441. The molecule has 0 heterocycles. The van der Waals surface area contributed by atoms with Crippen molar-refractivity contribution in [3.8, 4) is 11.1 Å². The largest absolute Gasteiger partial charge is 0.480 e. The fourth-order valence-electron chi connectivity index (χ4n) is 4.29. The maximum absolute atomic E-state index is 12.9. The van der Waals surface area contributed by atoms with Crippen LogP contribution in [0.3, 0.4) is 0 Å². The molecule has 2 aromatic rings. The summed E-state index contributed by atoms with van der Waals surface area (Å²) in [5.74, 6) is -1.22. The molecule has 0 unspecified atom stereocenters. The highest BCUT2D eigenvalue weighted by Gasteiger charge is 2.30. The lowest BCUT2D eigenvalue weighted by Gasteiger charge is -2.24. The standard InChI is InChI=1S/C28H34N2O6/c1-5-16-30(17-10-15-24(25(31)32)29-26(33)36-28(2,3)4)27(34)35-18-23-21-13-8-6-11-19(21)20-12-7-9-14-22(20)23/h5-9,11-14,23-24H,1,10,15-18H2,2-4H3,(H,29,33)(H,31,32)/t24-/m0/s1. The van der Waals surface area contributed by atoms with Crippen molar-refractivity contribution < 1.29 is 29.0 Å². The first kappa shape index (κ1) is 26.8. The lowest BCUT2D eigenvalue weighted by molar-refractivity contribution is -0.139. The third-order valence-electron chi connectivity index (χ3n) is 5.85. The molecule has 8 heteroatoms. The molecule has 2 N–H and O–H groups in total. The van der Waals surface area contributed by atoms with Crippen molar-refractivity contribution in [2.45, 2.75) is 51.2 Å². The summed E-state index contributed by atoms with van der Waals surface area (Å²) >= 11 is 0. The number of benzene rings is 2. The molecule has 36 heavy (non-hydrogen) atoms. The first-order valence-corrected chi connectivity index (χ1v) is 12.0. The van der Waals surface area contributed by atoms with Crippen LogP contribution in [0.4, 0.5) is 9.59 Å². The Morgan fingerprint density at radius 2 is 1.67 bits per heavy atom. The normalized spacial score (nSPS) is 13.2. The fraction of sp³-hybridized carbons (Fsp3) is 0.393. The molecule has 0 spiro atoms. The van der Waals surface area contributed by atoms with Crippen LogP contribution in [-0.4, -0.2) is 59.5 Å². The summed E-state index contributed by atoms with van der Waals surface area (Å²) in [6, 6.07) is 15.1. The molecule has 0 saturated heterocycles. The minimum absolute atomic E-state index is 0.0543. The monoisotopic (exact) mass is 494 g/mol. The van der Waals surface area contributed by atoms with Gasteiger partial charge in [-0.25, -0.2) is 14.4 Å². The van der Waals surface area contributed by atoms with Gasteiger partial charge in [0.25, 0.3) is 0 Å². The fourth-order valence-corrected chi connectivity index (χ4v) is 4.29. The summed E-state index contributed by atoms with van der Waals surface area (Å²) in [7, 11) is 0. The van der Waals surface area contributed by atoms with E-state index < -0.39 is 29.8 Å². The third kappa shape index (κ3) is 6.87. The lowest BCUT2D eigenvalue weighted by Crippen LogP contribution is -2.44. The van der Waals surface area contributed by atoms with Crippen molar-refractivity contribution in [2.24, 2.45) is 0 Å². The van der Waals surface area contributed by atoms with Crippen molar-refractivity contribution >= 4 is 18.2 Å². The molecule has 2 amide bonds. The number of alkyl carbamates (subject to hydrolysis) is 1. The number of carboxylic acids is 1. The Bertz CT molecular complexity index is 1060. The van der Waals surface area contributed by atoms with Crippen LogP contribution in [0, 0.1) is 0 Å². The molecule has 1 aliphatic carbocycles. The molecule has 192 valence electrons. The van der Waals surface area contributed by atoms with E-state index in [1.165, 1.54) is 4.90 Å². The van der Waals surface area contributed by atoms with Crippen molar-refractivity contribution in [3.05, 3.63) is 72.3 Å². The number of aliphatic carboxylic acids is 1. The molecule has 0 radical (unpaired) electrons. The predicted molar refractivity (Wildman–Crippen MR) is 137 cm³/mol. The summed E-state index contributed by atoms with van der Waals surface area (Å²) in [5.41, 5.74) is 3.81. The first-order valence-electron chi connectivity index (χ1n) is 12.0. The Morgan fingerprint density at radius 1 is 1.08 bits per heavy atom. The van der Waals surface area contributed by atoms with Gasteiger partial charge >= 0.3 is 18.2 Å². The zero-order chi connectivity index (χ0) is 26.3. The zero-order valence-electron chi connectivity index (χ0n) is 21.0. The highest BCUT2D eigenvalue weighted by molar-refractivity contribution is 5.80. The van der Waals surface area contributed by atoms with Gasteiger partial charge in [-0.1, -0.05) is 54.6 Å². The third-order valence-corrected chi connectivity index (χ3v) is 5.85. The van der Waals surface area contributed by atoms with Gasteiger partial charge in [0.15, 0.2) is 0 Å². The average Bonchev–Trinajstić information content (AvgIpc) is 3.13. The van der Waals surface area contributed by atoms with Gasteiger partial charge in [0, 0.05) is 19.0 Å². The van der Waals surface area contributed by atoms with Gasteiger partial charge in [0.05, 0.1) is 0 Å². The highest BCUT2D eigenvalue weighted by Crippen LogP contribution is 2.44. The van der Waals surface area contributed by atoms with Crippen molar-refractivity contribution in [1.29, 1.82) is 0 Å². The smallest absolute Gasteiger partial charge is 0.410 e. The maximum atomic E-state index is 12.9. The Kier molecular flexibility index (Phi) is 8.74. The molecule has 3 rings (SSSR count). The predicted octanol–water partition coefficient (Wildman–Crippen LogP) is 5.18. The number of carbonyl (C=O) groups is 3. The number of ether oxygens (including phenoxy) is 2. The van der Waals surface area contributed by atoms with Crippen LogP contribution in [0.5, 0.6) is 0 Å². The minimum atomic E-state index is -1.17. The second kappa shape index (κ2) is 11.7. The summed E-state index contributed by atoms with van der Waals surface area (Å²) in [5, 5.41) is 11.8. The molecule has 0 saturated carbocycles. The van der Waals surface area contributed by atoms with Gasteiger partial charge in [0.2, 0.25) is 0 Å². The van der Waals surface area contributed by atoms with Crippen LogP contribution in [0.25, 0.3) is 11.1 Å². The number of fused-ring (bicyclic) bond motifs is 3. The minimum Gasteiger partial charge on any atom is -0.480 e. The van der Waals surface area contributed by atoms with E-state index in [1.807, 2.05) is 24.3 Å². The van der Waals surface area contributed by atoms with Crippen LogP contribution in [0.2, 0.25) is 0 Å². The number of rotatable bonds is 10. The summed E-state index contributed by atoms with van der Waals surface area (Å²) < 4.78 is 10.9. The average molecular weight is 495 g/mol. The number of nitrogens with zero attached hydrogens (tertiary/aromatic N) is 1. The first-order chi connectivity index (χ1) is 17.1. The van der Waals surface area contributed by atoms with E-state index in [2.05, 4.69) is 36.2 Å². The van der Waals surface area contributed by atoms with Crippen LogP contribution >= 0.6 is 0 Å². The summed E-state index contributed by atoms with van der Waals surface area (Å²) in [6.07, 6.45) is 0.761. The Balaban J connectivity index is 1.57. The topological polar surface area (TPSA) is 105 Å². The second-order valence-corrected chi connectivity index (χ2v) is 9.72. The number of carboxylic acid groups (broad SMARTS) is 1. The Labute approximate surface area is 211 Å². The second-order valence-electron chi connectivity index (χ2n) is 9.72. The van der Waals surface area contributed by atoms with E-state index >= 15 is 0 Å². The number of nitrogens with one attached hydrogen (secondary N) is 1. The molecule has 1 aliphatic rings. The van der Waals surface area contributed by atoms with Crippen molar-refractivity contribution in [1.82, 2.24) is 10.2 Å². The van der Waals surface area contributed by atoms with E-state index in [-0.39, 0.29) is 32.0 Å². The molecular formula is C28H34N2O6. The molecule has 0 aliphatic heterocycles. The van der Waals surface area contributed by atoms with Gasteiger partial charge < -0.3 is 24.8 Å². The molecule has 0 fully saturated rings. The van der Waals surface area contributed by atoms with E-state index in [4.69, 9.17) is 9.47 Å². The molecule has 0 aromatic heterocycles.